The fourth-order valence-electron chi connectivity index (χ4n) is 3.26. The molecule has 0 aliphatic carbocycles. The zero-order valence-corrected chi connectivity index (χ0v) is 16.1. The summed E-state index contributed by atoms with van der Waals surface area (Å²) in [5.74, 6) is 5.29. The molecule has 154 valence electrons. The van der Waals surface area contributed by atoms with Crippen LogP contribution >= 0.6 is 0 Å². The van der Waals surface area contributed by atoms with Gasteiger partial charge < -0.3 is 26.2 Å². The van der Waals surface area contributed by atoms with Crippen LogP contribution in [-0.4, -0.2) is 59.3 Å². The van der Waals surface area contributed by atoms with Crippen LogP contribution in [-0.2, 0) is 9.53 Å². The van der Waals surface area contributed by atoms with Crippen LogP contribution in [0.4, 0.5) is 5.69 Å². The van der Waals surface area contributed by atoms with E-state index in [1.54, 1.807) is 24.3 Å². The van der Waals surface area contributed by atoms with Crippen LogP contribution < -0.4 is 16.4 Å². The van der Waals surface area contributed by atoms with Crippen LogP contribution in [0, 0.1) is 17.3 Å². The van der Waals surface area contributed by atoms with E-state index >= 15 is 0 Å². The van der Waals surface area contributed by atoms with Gasteiger partial charge in [-0.05, 0) is 18.6 Å². The Morgan fingerprint density at radius 2 is 2.27 bits per heavy atom. The average Bonchev–Trinajstić information content (AvgIpc) is 3.10. The van der Waals surface area contributed by atoms with Crippen LogP contribution in [0.2, 0.25) is 0 Å². The Labute approximate surface area is 173 Å². The molecule has 9 nitrogen and oxygen atoms in total. The van der Waals surface area contributed by atoms with Gasteiger partial charge in [0.15, 0.2) is 11.5 Å². The number of anilines is 1. The Balaban J connectivity index is 1.62. The molecule has 0 spiro atoms. The Hall–Kier alpha value is -3.48. The first-order valence-corrected chi connectivity index (χ1v) is 9.55. The molecule has 1 aromatic heterocycles. The molecular weight excluding hydrogens is 386 g/mol. The number of nitrogens with zero attached hydrogens (tertiary/aromatic N) is 2. The zero-order chi connectivity index (χ0) is 21.1. The number of hydrogen-bond donors (Lipinski definition) is 4. The first kappa shape index (κ1) is 19.8. The van der Waals surface area contributed by atoms with Crippen molar-refractivity contribution in [2.45, 2.75) is 12.5 Å². The van der Waals surface area contributed by atoms with Crippen molar-refractivity contribution in [1.82, 2.24) is 15.3 Å². The van der Waals surface area contributed by atoms with Crippen molar-refractivity contribution >= 4 is 17.5 Å². The fraction of sp³-hybridized carbons (Fsp3) is 0.333. The summed E-state index contributed by atoms with van der Waals surface area (Å²) in [4.78, 5) is 32.6. The highest BCUT2D eigenvalue weighted by molar-refractivity contribution is 5.96. The van der Waals surface area contributed by atoms with E-state index in [1.807, 2.05) is 0 Å². The lowest BCUT2D eigenvalue weighted by molar-refractivity contribution is -0.126. The highest BCUT2D eigenvalue weighted by Gasteiger charge is 2.40. The smallest absolute Gasteiger partial charge is 0.269 e. The molecule has 5 N–H and O–H groups in total. The second-order valence-corrected chi connectivity index (χ2v) is 7.28. The number of carbonyl (C=O) groups excluding carboxylic acids is 2. The Morgan fingerprint density at radius 3 is 2.90 bits per heavy atom. The van der Waals surface area contributed by atoms with Crippen LogP contribution in [0.25, 0.3) is 11.4 Å². The minimum atomic E-state index is -1.08. The van der Waals surface area contributed by atoms with E-state index in [-0.39, 0.29) is 24.2 Å². The summed E-state index contributed by atoms with van der Waals surface area (Å²) in [6, 6.07) is 7.23. The third-order valence-electron chi connectivity index (χ3n) is 5.13. The SMILES string of the molecule is NC(=O)c1nc(-c2cccc(C#C[C@@]3(CO)CCNC3=O)c2)ncc1NC1COC1. The van der Waals surface area contributed by atoms with Gasteiger partial charge in [0.1, 0.15) is 5.41 Å². The van der Waals surface area contributed by atoms with Gasteiger partial charge in [-0.15, -0.1) is 0 Å². The molecule has 2 aliphatic heterocycles. The van der Waals surface area contributed by atoms with Gasteiger partial charge in [-0.1, -0.05) is 24.0 Å². The number of nitrogens with one attached hydrogen (secondary N) is 2. The number of aliphatic hydroxyl groups is 1. The van der Waals surface area contributed by atoms with Crippen LogP contribution in [0.3, 0.4) is 0 Å². The summed E-state index contributed by atoms with van der Waals surface area (Å²) in [6.07, 6.45) is 1.99. The molecule has 0 radical (unpaired) electrons. The van der Waals surface area contributed by atoms with Gasteiger partial charge in [-0.2, -0.15) is 0 Å². The Kier molecular flexibility index (Phi) is 5.35. The second kappa shape index (κ2) is 8.10. The van der Waals surface area contributed by atoms with Crippen LogP contribution in [0.15, 0.2) is 30.5 Å². The van der Waals surface area contributed by atoms with Gasteiger partial charge >= 0.3 is 0 Å². The van der Waals surface area contributed by atoms with Crippen LogP contribution in [0.5, 0.6) is 0 Å². The first-order valence-electron chi connectivity index (χ1n) is 9.55. The number of ether oxygens (including phenoxy) is 1. The maximum atomic E-state index is 12.0. The first-order chi connectivity index (χ1) is 14.5. The summed E-state index contributed by atoms with van der Waals surface area (Å²) in [5, 5.41) is 15.5. The topological polar surface area (TPSA) is 139 Å². The lowest BCUT2D eigenvalue weighted by atomic mass is 9.88. The van der Waals surface area contributed by atoms with E-state index in [2.05, 4.69) is 32.4 Å². The Bertz CT molecular complexity index is 1060. The molecule has 2 fully saturated rings. The molecule has 30 heavy (non-hydrogen) atoms. The number of rotatable bonds is 5. The van der Waals surface area contributed by atoms with E-state index in [0.29, 0.717) is 48.8 Å². The zero-order valence-electron chi connectivity index (χ0n) is 16.1. The van der Waals surface area contributed by atoms with Gasteiger partial charge in [0.25, 0.3) is 5.91 Å². The summed E-state index contributed by atoms with van der Waals surface area (Å²) in [6.45, 7) is 1.25. The molecule has 0 bridgehead atoms. The maximum Gasteiger partial charge on any atom is 0.269 e. The maximum absolute atomic E-state index is 12.0. The monoisotopic (exact) mass is 407 g/mol. The molecule has 3 heterocycles. The molecule has 0 unspecified atom stereocenters. The van der Waals surface area contributed by atoms with E-state index in [1.165, 1.54) is 6.20 Å². The minimum Gasteiger partial charge on any atom is -0.394 e. The van der Waals surface area contributed by atoms with Crippen molar-refractivity contribution in [1.29, 1.82) is 0 Å². The predicted molar refractivity (Wildman–Crippen MR) is 108 cm³/mol. The summed E-state index contributed by atoms with van der Waals surface area (Å²) in [7, 11) is 0. The molecule has 1 atom stereocenters. The van der Waals surface area contributed by atoms with Crippen molar-refractivity contribution in [2.75, 3.05) is 31.7 Å². The molecule has 2 aliphatic rings. The number of benzene rings is 1. The van der Waals surface area contributed by atoms with Crippen LogP contribution in [0.1, 0.15) is 22.5 Å². The number of primary amides is 1. The molecule has 4 rings (SSSR count). The fourth-order valence-corrected chi connectivity index (χ4v) is 3.26. The molecular formula is C21H21N5O4. The minimum absolute atomic E-state index is 0.0998. The highest BCUT2D eigenvalue weighted by atomic mass is 16.5. The number of aliphatic hydroxyl groups excluding tert-OH is 1. The van der Waals surface area contributed by atoms with Gasteiger partial charge in [-0.3, -0.25) is 9.59 Å². The number of hydrogen-bond acceptors (Lipinski definition) is 7. The second-order valence-electron chi connectivity index (χ2n) is 7.28. The standard InChI is InChI=1S/C21H21N5O4/c22-18(28)17-16(25-15-10-30-11-15)9-24-19(26-17)14-3-1-2-13(8-14)4-5-21(12-27)6-7-23-20(21)29/h1-3,8-9,15,25,27H,6-7,10-12H2,(H2,22,28)(H,23,29)/t21-/m0/s1. The molecule has 1 aromatic carbocycles. The van der Waals surface area contributed by atoms with Crippen molar-refractivity contribution in [2.24, 2.45) is 11.1 Å². The molecule has 2 amide bonds. The van der Waals surface area contributed by atoms with Gasteiger partial charge in [0.2, 0.25) is 5.91 Å². The van der Waals surface area contributed by atoms with Crippen molar-refractivity contribution in [3.05, 3.63) is 41.7 Å². The third kappa shape index (κ3) is 3.83. The van der Waals surface area contributed by atoms with Gasteiger partial charge in [-0.25, -0.2) is 9.97 Å². The van der Waals surface area contributed by atoms with Crippen molar-refractivity contribution in [3.63, 3.8) is 0 Å². The number of carbonyl (C=O) groups is 2. The summed E-state index contributed by atoms with van der Waals surface area (Å²) < 4.78 is 5.12. The lowest BCUT2D eigenvalue weighted by Crippen LogP contribution is -2.41. The average molecular weight is 407 g/mol. The van der Waals surface area contributed by atoms with E-state index in [0.717, 1.165) is 0 Å². The Morgan fingerprint density at radius 1 is 1.43 bits per heavy atom. The number of aromatic nitrogens is 2. The highest BCUT2D eigenvalue weighted by Crippen LogP contribution is 2.26. The lowest BCUT2D eigenvalue weighted by Gasteiger charge is -2.28. The van der Waals surface area contributed by atoms with E-state index < -0.39 is 11.3 Å². The molecule has 2 saturated heterocycles. The number of nitrogens with two attached hydrogens (primary N) is 1. The predicted octanol–water partition coefficient (Wildman–Crippen LogP) is -0.0967. The van der Waals surface area contributed by atoms with Gasteiger partial charge in [0, 0.05) is 17.7 Å². The molecule has 2 aromatic rings. The summed E-state index contributed by atoms with van der Waals surface area (Å²) in [5.41, 5.74) is 6.28. The number of amides is 2. The quantitative estimate of drug-likeness (QED) is 0.508. The van der Waals surface area contributed by atoms with E-state index in [9.17, 15) is 14.7 Å². The largest absolute Gasteiger partial charge is 0.394 e. The van der Waals surface area contributed by atoms with Crippen molar-refractivity contribution < 1.29 is 19.4 Å². The molecule has 9 heteroatoms. The summed E-state index contributed by atoms with van der Waals surface area (Å²) >= 11 is 0. The van der Waals surface area contributed by atoms with Crippen molar-refractivity contribution in [3.8, 4) is 23.2 Å². The molecule has 0 saturated carbocycles. The van der Waals surface area contributed by atoms with E-state index in [4.69, 9.17) is 10.5 Å². The van der Waals surface area contributed by atoms with Gasteiger partial charge in [0.05, 0.1) is 37.7 Å². The third-order valence-corrected chi connectivity index (χ3v) is 5.13. The normalized spacial score (nSPS) is 20.6.